The molecule has 0 bridgehead atoms. The van der Waals surface area contributed by atoms with Gasteiger partial charge in [0.15, 0.2) is 0 Å². The molecule has 1 heterocycles. The average molecular weight is 421 g/mol. The molecule has 0 spiro atoms. The van der Waals surface area contributed by atoms with Gasteiger partial charge >= 0.3 is 12.2 Å². The smallest absolute Gasteiger partial charge is 0.383 e. The third-order valence-electron chi connectivity index (χ3n) is 4.09. The lowest BCUT2D eigenvalue weighted by molar-refractivity contribution is -0.137. The molecule has 0 saturated carbocycles. The summed E-state index contributed by atoms with van der Waals surface area (Å²) in [7, 11) is 0. The number of nitrogens with one attached hydrogen (secondary N) is 2. The minimum atomic E-state index is -4.61. The van der Waals surface area contributed by atoms with Gasteiger partial charge in [-0.1, -0.05) is 35.9 Å². The highest BCUT2D eigenvalue weighted by Crippen LogP contribution is 2.36. The van der Waals surface area contributed by atoms with E-state index in [0.717, 1.165) is 28.8 Å². The first-order chi connectivity index (χ1) is 13.7. The first kappa shape index (κ1) is 20.5. The number of hydrogen-bond acceptors (Lipinski definition) is 3. The number of hydrogen-bond donors (Lipinski definition) is 3. The Kier molecular flexibility index (Phi) is 5.93. The molecular formula is C20H16ClF3N4O. The monoisotopic (exact) mass is 420 g/mol. The van der Waals surface area contributed by atoms with Crippen LogP contribution >= 0.6 is 11.6 Å². The van der Waals surface area contributed by atoms with E-state index in [1.54, 1.807) is 12.3 Å². The van der Waals surface area contributed by atoms with E-state index < -0.39 is 22.8 Å². The van der Waals surface area contributed by atoms with Gasteiger partial charge in [-0.05, 0) is 41.5 Å². The number of nitrogen functional groups attached to an aromatic ring is 1. The molecule has 4 N–H and O–H groups in total. The summed E-state index contributed by atoms with van der Waals surface area (Å²) in [4.78, 5) is 16.0. The van der Waals surface area contributed by atoms with Crippen LogP contribution in [0.4, 0.5) is 29.5 Å². The average Bonchev–Trinajstić information content (AvgIpc) is 2.68. The van der Waals surface area contributed by atoms with Crippen molar-refractivity contribution >= 4 is 29.1 Å². The fourth-order valence-corrected chi connectivity index (χ4v) is 2.87. The van der Waals surface area contributed by atoms with Crippen molar-refractivity contribution in [3.8, 4) is 11.1 Å². The largest absolute Gasteiger partial charge is 0.417 e. The topological polar surface area (TPSA) is 80.0 Å². The second-order valence-electron chi connectivity index (χ2n) is 6.13. The Balaban J connectivity index is 1.61. The van der Waals surface area contributed by atoms with Crippen LogP contribution < -0.4 is 16.4 Å². The Morgan fingerprint density at radius 2 is 1.83 bits per heavy atom. The van der Waals surface area contributed by atoms with E-state index in [1.807, 2.05) is 30.3 Å². The minimum absolute atomic E-state index is 0.0124. The molecule has 0 radical (unpaired) electrons. The number of amides is 2. The summed E-state index contributed by atoms with van der Waals surface area (Å²) in [6.45, 7) is 0.189. The highest BCUT2D eigenvalue weighted by molar-refractivity contribution is 6.31. The third-order valence-corrected chi connectivity index (χ3v) is 4.42. The number of rotatable bonds is 4. The van der Waals surface area contributed by atoms with Gasteiger partial charge in [0.25, 0.3) is 0 Å². The molecule has 1 aromatic heterocycles. The molecule has 3 rings (SSSR count). The lowest BCUT2D eigenvalue weighted by Crippen LogP contribution is -2.28. The van der Waals surface area contributed by atoms with E-state index in [0.29, 0.717) is 5.82 Å². The Bertz CT molecular complexity index is 1020. The van der Waals surface area contributed by atoms with Crippen LogP contribution in [0.1, 0.15) is 11.1 Å². The molecule has 3 aromatic rings. The molecule has 0 unspecified atom stereocenters. The van der Waals surface area contributed by atoms with Crippen molar-refractivity contribution < 1.29 is 18.0 Å². The van der Waals surface area contributed by atoms with Crippen molar-refractivity contribution in [1.82, 2.24) is 10.3 Å². The molecule has 0 fully saturated rings. The number of nitrogens with zero attached hydrogens (tertiary/aromatic N) is 1. The van der Waals surface area contributed by atoms with Crippen LogP contribution in [0.5, 0.6) is 0 Å². The predicted molar refractivity (Wildman–Crippen MR) is 106 cm³/mol. The maximum atomic E-state index is 12.9. The number of nitrogens with two attached hydrogens (primary N) is 1. The summed E-state index contributed by atoms with van der Waals surface area (Å²) in [5.41, 5.74) is 7.31. The first-order valence-electron chi connectivity index (χ1n) is 8.45. The van der Waals surface area contributed by atoms with Crippen molar-refractivity contribution in [2.45, 2.75) is 12.7 Å². The number of urea groups is 1. The number of aromatic nitrogens is 1. The molecule has 0 saturated heterocycles. The summed E-state index contributed by atoms with van der Waals surface area (Å²) in [5.74, 6) is 0.416. The Labute approximate surface area is 169 Å². The summed E-state index contributed by atoms with van der Waals surface area (Å²) < 4.78 is 38.7. The summed E-state index contributed by atoms with van der Waals surface area (Å²) in [5, 5.41) is 4.52. The van der Waals surface area contributed by atoms with Gasteiger partial charge in [0, 0.05) is 24.0 Å². The maximum absolute atomic E-state index is 12.9. The number of alkyl halides is 3. The van der Waals surface area contributed by atoms with Crippen molar-refractivity contribution in [2.75, 3.05) is 11.1 Å². The number of carbonyl (C=O) groups excluding carboxylic acids is 1. The standard InChI is InChI=1S/C20H16ClF3N4O/c21-17-8-7-14(10-16(17)20(22,23)24)28-19(29)27-11-12-3-5-13(6-4-12)15-2-1-9-26-18(15)25/h1-10H,11H2,(H2,25,26)(H2,27,28,29). The van der Waals surface area contributed by atoms with E-state index in [4.69, 9.17) is 17.3 Å². The van der Waals surface area contributed by atoms with Gasteiger partial charge in [0.1, 0.15) is 5.82 Å². The van der Waals surface area contributed by atoms with Crippen molar-refractivity contribution in [3.05, 3.63) is 76.9 Å². The second kappa shape index (κ2) is 8.40. The van der Waals surface area contributed by atoms with E-state index in [1.165, 1.54) is 6.07 Å². The number of halogens is 4. The summed E-state index contributed by atoms with van der Waals surface area (Å²) in [6, 6.07) is 13.5. The maximum Gasteiger partial charge on any atom is 0.417 e. The third kappa shape index (κ3) is 5.17. The molecule has 0 atom stereocenters. The van der Waals surface area contributed by atoms with Crippen LogP contribution in [-0.2, 0) is 12.7 Å². The minimum Gasteiger partial charge on any atom is -0.383 e. The lowest BCUT2D eigenvalue weighted by atomic mass is 10.0. The van der Waals surface area contributed by atoms with Crippen molar-refractivity contribution in [1.29, 1.82) is 0 Å². The van der Waals surface area contributed by atoms with Crippen molar-refractivity contribution in [2.24, 2.45) is 0 Å². The molecule has 9 heteroatoms. The van der Waals surface area contributed by atoms with Gasteiger partial charge in [0.2, 0.25) is 0 Å². The Morgan fingerprint density at radius 1 is 1.10 bits per heavy atom. The van der Waals surface area contributed by atoms with E-state index >= 15 is 0 Å². The molecule has 150 valence electrons. The quantitative estimate of drug-likeness (QED) is 0.534. The van der Waals surface area contributed by atoms with Crippen LogP contribution in [0, 0.1) is 0 Å². The molecule has 0 aliphatic rings. The Morgan fingerprint density at radius 3 is 2.48 bits per heavy atom. The number of anilines is 2. The zero-order valence-corrected chi connectivity index (χ0v) is 15.7. The molecule has 2 aromatic carbocycles. The molecule has 5 nitrogen and oxygen atoms in total. The number of carbonyl (C=O) groups is 1. The van der Waals surface area contributed by atoms with E-state index in [-0.39, 0.29) is 12.2 Å². The first-order valence-corrected chi connectivity index (χ1v) is 8.83. The van der Waals surface area contributed by atoms with Gasteiger partial charge < -0.3 is 16.4 Å². The molecule has 0 aliphatic carbocycles. The molecule has 2 amide bonds. The highest BCUT2D eigenvalue weighted by Gasteiger charge is 2.33. The zero-order valence-electron chi connectivity index (χ0n) is 14.9. The molecular weight excluding hydrogens is 405 g/mol. The van der Waals surface area contributed by atoms with E-state index in [9.17, 15) is 18.0 Å². The fraction of sp³-hybridized carbons (Fsp3) is 0.100. The van der Waals surface area contributed by atoms with Crippen LogP contribution in [-0.4, -0.2) is 11.0 Å². The second-order valence-corrected chi connectivity index (χ2v) is 6.54. The van der Waals surface area contributed by atoms with Crippen LogP contribution in [0.3, 0.4) is 0 Å². The predicted octanol–water partition coefficient (Wildman–Crippen LogP) is 5.32. The molecule has 29 heavy (non-hydrogen) atoms. The van der Waals surface area contributed by atoms with Gasteiger partial charge in [-0.15, -0.1) is 0 Å². The van der Waals surface area contributed by atoms with Gasteiger partial charge in [0.05, 0.1) is 10.6 Å². The van der Waals surface area contributed by atoms with Gasteiger partial charge in [-0.25, -0.2) is 9.78 Å². The van der Waals surface area contributed by atoms with Crippen LogP contribution in [0.25, 0.3) is 11.1 Å². The van der Waals surface area contributed by atoms with E-state index in [2.05, 4.69) is 15.6 Å². The fourth-order valence-electron chi connectivity index (χ4n) is 2.64. The zero-order chi connectivity index (χ0) is 21.0. The normalized spacial score (nSPS) is 11.2. The summed E-state index contributed by atoms with van der Waals surface area (Å²) >= 11 is 5.57. The van der Waals surface area contributed by atoms with Gasteiger partial charge in [-0.2, -0.15) is 13.2 Å². The van der Waals surface area contributed by atoms with Crippen LogP contribution in [0.15, 0.2) is 60.8 Å². The van der Waals surface area contributed by atoms with Crippen molar-refractivity contribution in [3.63, 3.8) is 0 Å². The van der Waals surface area contributed by atoms with Crippen LogP contribution in [0.2, 0.25) is 5.02 Å². The number of pyridine rings is 1. The highest BCUT2D eigenvalue weighted by atomic mass is 35.5. The molecule has 0 aliphatic heterocycles. The Hall–Kier alpha value is -3.26. The van der Waals surface area contributed by atoms with Gasteiger partial charge in [-0.3, -0.25) is 0 Å². The summed E-state index contributed by atoms with van der Waals surface area (Å²) in [6.07, 6.45) is -3.00. The number of benzene rings is 2. The lowest BCUT2D eigenvalue weighted by Gasteiger charge is -2.12. The SMILES string of the molecule is Nc1ncccc1-c1ccc(CNC(=O)Nc2ccc(Cl)c(C(F)(F)F)c2)cc1.